The lowest BCUT2D eigenvalue weighted by molar-refractivity contribution is -0.198. The van der Waals surface area contributed by atoms with Crippen molar-refractivity contribution in [3.05, 3.63) is 35.9 Å². The van der Waals surface area contributed by atoms with Crippen molar-refractivity contribution in [3.8, 4) is 5.75 Å². The number of carboxylic acid groups (broad SMARTS) is 1. The molecule has 2 amide bonds. The maximum atomic E-state index is 13.8. The third-order valence-electron chi connectivity index (χ3n) is 6.92. The van der Waals surface area contributed by atoms with Crippen molar-refractivity contribution in [1.82, 2.24) is 4.90 Å². The van der Waals surface area contributed by atoms with Gasteiger partial charge in [-0.3, -0.25) is 9.59 Å². The van der Waals surface area contributed by atoms with Crippen LogP contribution in [-0.4, -0.2) is 72.9 Å². The quantitative estimate of drug-likeness (QED) is 0.383. The first kappa shape index (κ1) is 26.9. The summed E-state index contributed by atoms with van der Waals surface area (Å²) in [6.07, 6.45) is 4.91. The van der Waals surface area contributed by atoms with Gasteiger partial charge in [-0.05, 0) is 63.5 Å². The van der Waals surface area contributed by atoms with Crippen molar-refractivity contribution in [2.45, 2.75) is 76.9 Å². The maximum absolute atomic E-state index is 13.8. The Hall–Kier alpha value is -3.11. The van der Waals surface area contributed by atoms with E-state index in [9.17, 15) is 14.4 Å². The largest absolute Gasteiger partial charge is 0.493 e. The van der Waals surface area contributed by atoms with Crippen LogP contribution in [0.5, 0.6) is 5.75 Å². The average molecular weight is 517 g/mol. The van der Waals surface area contributed by atoms with Crippen LogP contribution in [0.1, 0.15) is 67.3 Å². The number of hydrogen-bond donors (Lipinski definition) is 1. The summed E-state index contributed by atoms with van der Waals surface area (Å²) in [6, 6.07) is 3.02. The van der Waals surface area contributed by atoms with Gasteiger partial charge in [0.05, 0.1) is 23.9 Å². The molecule has 3 aliphatic heterocycles. The molecule has 2 saturated heterocycles. The molecule has 3 aliphatic rings. The summed E-state index contributed by atoms with van der Waals surface area (Å²) in [5.74, 6) is -0.603. The number of hydrogen-bond acceptors (Lipinski definition) is 7. The fourth-order valence-corrected chi connectivity index (χ4v) is 5.11. The highest BCUT2D eigenvalue weighted by Gasteiger charge is 2.46. The van der Waals surface area contributed by atoms with Crippen LogP contribution in [-0.2, 0) is 19.0 Å². The van der Waals surface area contributed by atoms with E-state index in [-0.39, 0.29) is 31.6 Å². The number of aryl methyl sites for hydroxylation is 1. The summed E-state index contributed by atoms with van der Waals surface area (Å²) in [5.41, 5.74) is 1.42. The lowest BCUT2D eigenvalue weighted by Gasteiger charge is -2.42. The van der Waals surface area contributed by atoms with E-state index in [2.05, 4.69) is 6.58 Å². The molecule has 0 radical (unpaired) electrons. The molecule has 2 fully saturated rings. The predicted molar refractivity (Wildman–Crippen MR) is 135 cm³/mol. The Kier molecular flexibility index (Phi) is 9.04. The van der Waals surface area contributed by atoms with E-state index in [0.29, 0.717) is 55.0 Å². The van der Waals surface area contributed by atoms with E-state index >= 15 is 0 Å². The van der Waals surface area contributed by atoms with Crippen LogP contribution in [0.4, 0.5) is 10.5 Å². The number of carbonyl (C=O) groups is 3. The van der Waals surface area contributed by atoms with E-state index in [0.717, 1.165) is 25.7 Å². The van der Waals surface area contributed by atoms with Gasteiger partial charge in [-0.15, -0.1) is 0 Å². The second-order valence-electron chi connectivity index (χ2n) is 9.60. The summed E-state index contributed by atoms with van der Waals surface area (Å²) < 4.78 is 23.7. The fourth-order valence-electron chi connectivity index (χ4n) is 5.11. The zero-order valence-electron chi connectivity index (χ0n) is 21.4. The molecule has 37 heavy (non-hydrogen) atoms. The number of rotatable bonds is 9. The van der Waals surface area contributed by atoms with Gasteiger partial charge >= 0.3 is 12.1 Å². The normalized spacial score (nSPS) is 23.5. The van der Waals surface area contributed by atoms with Crippen molar-refractivity contribution in [2.24, 2.45) is 0 Å². The van der Waals surface area contributed by atoms with E-state index in [1.807, 2.05) is 11.8 Å². The number of carboxylic acids is 1. The molecule has 2 unspecified atom stereocenters. The van der Waals surface area contributed by atoms with Gasteiger partial charge in [0.15, 0.2) is 12.5 Å². The van der Waals surface area contributed by atoms with Crippen LogP contribution in [0.25, 0.3) is 0 Å². The lowest BCUT2D eigenvalue weighted by Crippen LogP contribution is -2.57. The molecule has 0 aromatic heterocycles. The van der Waals surface area contributed by atoms with Gasteiger partial charge in [-0.25, -0.2) is 9.69 Å². The predicted octanol–water partition coefficient (Wildman–Crippen LogP) is 4.25. The number of aliphatic carboxylic acids is 1. The van der Waals surface area contributed by atoms with Crippen LogP contribution >= 0.6 is 0 Å². The number of nitrogens with zero attached hydrogens (tertiary/aromatic N) is 2. The number of anilines is 1. The molecule has 3 heterocycles. The van der Waals surface area contributed by atoms with Gasteiger partial charge in [0, 0.05) is 25.6 Å². The molecule has 0 bridgehead atoms. The van der Waals surface area contributed by atoms with Crippen LogP contribution in [0, 0.1) is 6.92 Å². The summed E-state index contributed by atoms with van der Waals surface area (Å²) in [5, 5.41) is 8.93. The topological polar surface area (TPSA) is 115 Å². The molecule has 4 rings (SSSR count). The highest BCUT2D eigenvalue weighted by Crippen LogP contribution is 2.40. The minimum Gasteiger partial charge on any atom is -0.493 e. The molecule has 10 heteroatoms. The van der Waals surface area contributed by atoms with E-state index in [1.165, 1.54) is 11.0 Å². The third-order valence-corrected chi connectivity index (χ3v) is 6.92. The number of piperidine rings is 1. The zero-order chi connectivity index (χ0) is 26.4. The SMILES string of the molecule is C=CCOC(=O)N1c2cc(OCCCC(=O)O)c(C)cc2C(=O)N2CCCC[C@H]2C1OC1CCCCO1. The average Bonchev–Trinajstić information content (AvgIpc) is 2.99. The van der Waals surface area contributed by atoms with Crippen molar-refractivity contribution in [2.75, 3.05) is 31.3 Å². The molecule has 0 saturated carbocycles. The summed E-state index contributed by atoms with van der Waals surface area (Å²) in [7, 11) is 0. The van der Waals surface area contributed by atoms with Crippen molar-refractivity contribution >= 4 is 23.7 Å². The standard InChI is InChI=1S/C27H36N2O8/c1-3-13-36-27(33)29-21-17-22(34-15-8-10-23(30)31)18(2)16-19(21)25(32)28-12-6-4-9-20(28)26(29)37-24-11-5-7-14-35-24/h3,16-17,20,24,26H,1,4-15H2,2H3,(H,30,31)/t20-,24?,26?/m0/s1. The number of fused-ring (bicyclic) bond motifs is 2. The van der Waals surface area contributed by atoms with Crippen molar-refractivity contribution in [1.29, 1.82) is 0 Å². The fraction of sp³-hybridized carbons (Fsp3) is 0.593. The Morgan fingerprint density at radius 1 is 1.22 bits per heavy atom. The van der Waals surface area contributed by atoms with Crippen LogP contribution in [0.15, 0.2) is 24.8 Å². The van der Waals surface area contributed by atoms with Crippen LogP contribution < -0.4 is 9.64 Å². The first-order chi connectivity index (χ1) is 17.9. The minimum absolute atomic E-state index is 0.00402. The number of ether oxygens (including phenoxy) is 4. The maximum Gasteiger partial charge on any atom is 0.416 e. The van der Waals surface area contributed by atoms with Gasteiger partial charge < -0.3 is 29.0 Å². The van der Waals surface area contributed by atoms with Crippen molar-refractivity contribution in [3.63, 3.8) is 0 Å². The molecule has 3 atom stereocenters. The highest BCUT2D eigenvalue weighted by molar-refractivity contribution is 6.05. The number of benzene rings is 1. The van der Waals surface area contributed by atoms with E-state index in [4.69, 9.17) is 24.1 Å². The van der Waals surface area contributed by atoms with E-state index < -0.39 is 24.6 Å². The smallest absolute Gasteiger partial charge is 0.416 e. The number of amides is 2. The molecule has 1 N–H and O–H groups in total. The van der Waals surface area contributed by atoms with E-state index in [1.54, 1.807) is 12.1 Å². The van der Waals surface area contributed by atoms with Crippen LogP contribution in [0.2, 0.25) is 0 Å². The molecular formula is C27H36N2O8. The summed E-state index contributed by atoms with van der Waals surface area (Å²) in [6.45, 7) is 6.80. The molecule has 1 aromatic rings. The molecule has 10 nitrogen and oxygen atoms in total. The first-order valence-electron chi connectivity index (χ1n) is 13.0. The second kappa shape index (κ2) is 12.4. The van der Waals surface area contributed by atoms with Gasteiger partial charge in [0.1, 0.15) is 12.4 Å². The Balaban J connectivity index is 1.76. The molecular weight excluding hydrogens is 480 g/mol. The zero-order valence-corrected chi connectivity index (χ0v) is 21.4. The lowest BCUT2D eigenvalue weighted by atomic mass is 10.00. The molecule has 0 aliphatic carbocycles. The first-order valence-corrected chi connectivity index (χ1v) is 13.0. The van der Waals surface area contributed by atoms with Crippen LogP contribution in [0.3, 0.4) is 0 Å². The minimum atomic E-state index is -0.898. The van der Waals surface area contributed by atoms with Gasteiger partial charge in [0.2, 0.25) is 0 Å². The Morgan fingerprint density at radius 2 is 2.03 bits per heavy atom. The Labute approximate surface area is 217 Å². The van der Waals surface area contributed by atoms with Gasteiger partial charge in [-0.2, -0.15) is 0 Å². The summed E-state index contributed by atoms with van der Waals surface area (Å²) >= 11 is 0. The molecule has 0 spiro atoms. The molecule has 1 aromatic carbocycles. The van der Waals surface area contributed by atoms with Gasteiger partial charge in [0.25, 0.3) is 5.91 Å². The Morgan fingerprint density at radius 3 is 2.76 bits per heavy atom. The third kappa shape index (κ3) is 6.24. The molecule has 202 valence electrons. The van der Waals surface area contributed by atoms with Gasteiger partial charge in [-0.1, -0.05) is 12.7 Å². The highest BCUT2D eigenvalue weighted by atomic mass is 16.7. The van der Waals surface area contributed by atoms with Crippen molar-refractivity contribution < 1.29 is 38.4 Å². The Bertz CT molecular complexity index is 1010. The second-order valence-corrected chi connectivity index (χ2v) is 9.60. The summed E-state index contributed by atoms with van der Waals surface area (Å²) in [4.78, 5) is 41.5. The monoisotopic (exact) mass is 516 g/mol. The number of carbonyl (C=O) groups excluding carboxylic acids is 2.